The maximum absolute atomic E-state index is 12.8. The second kappa shape index (κ2) is 13.8. The third-order valence-corrected chi connectivity index (χ3v) is 4.00. The van der Waals surface area contributed by atoms with Gasteiger partial charge in [0.05, 0.1) is 19.8 Å². The van der Waals surface area contributed by atoms with Crippen LogP contribution < -0.4 is 4.74 Å². The molecule has 0 spiro atoms. The van der Waals surface area contributed by atoms with Gasteiger partial charge in [-0.3, -0.25) is 0 Å². The number of ether oxygens (including phenoxy) is 4. The number of aliphatic carboxylic acids is 1. The molecule has 10 heteroatoms. The highest BCUT2D eigenvalue weighted by Gasteiger charge is 2.22. The Morgan fingerprint density at radius 3 is 2.29 bits per heavy atom. The Bertz CT molecular complexity index is 665. The number of amides is 1. The first kappa shape index (κ1) is 26.6. The Labute approximate surface area is 181 Å². The zero-order chi connectivity index (χ0) is 23.3. The smallest absolute Gasteiger partial charge is 0.409 e. The number of carboxylic acids is 1. The monoisotopic (exact) mass is 447 g/mol. The van der Waals surface area contributed by atoms with Gasteiger partial charge in [0.15, 0.2) is 6.10 Å². The van der Waals surface area contributed by atoms with Crippen molar-refractivity contribution in [1.82, 2.24) is 4.90 Å². The van der Waals surface area contributed by atoms with Gasteiger partial charge < -0.3 is 29.0 Å². The van der Waals surface area contributed by atoms with Crippen molar-refractivity contribution in [2.75, 3.05) is 46.1 Å². The van der Waals surface area contributed by atoms with Crippen molar-refractivity contribution in [3.05, 3.63) is 29.8 Å². The van der Waals surface area contributed by atoms with Crippen LogP contribution in [0.15, 0.2) is 24.3 Å². The summed E-state index contributed by atoms with van der Waals surface area (Å²) in [6.45, 7) is 4.29. The number of rotatable bonds is 15. The quantitative estimate of drug-likeness (QED) is 0.413. The van der Waals surface area contributed by atoms with Gasteiger partial charge in [-0.1, -0.05) is 12.1 Å². The molecule has 0 saturated heterocycles. The van der Waals surface area contributed by atoms with Gasteiger partial charge in [0.25, 0.3) is 5.92 Å². The van der Waals surface area contributed by atoms with Gasteiger partial charge >= 0.3 is 12.1 Å². The van der Waals surface area contributed by atoms with Crippen LogP contribution in [0.2, 0.25) is 0 Å². The summed E-state index contributed by atoms with van der Waals surface area (Å²) in [5.41, 5.74) is 0.784. The molecule has 0 aliphatic heterocycles. The van der Waals surface area contributed by atoms with E-state index in [-0.39, 0.29) is 39.3 Å². The maximum atomic E-state index is 12.8. The molecule has 1 aromatic rings. The van der Waals surface area contributed by atoms with E-state index in [0.29, 0.717) is 12.4 Å². The molecule has 1 atom stereocenters. The molecule has 1 rings (SSSR count). The van der Waals surface area contributed by atoms with E-state index in [1.54, 1.807) is 38.1 Å². The molecule has 0 saturated carbocycles. The summed E-state index contributed by atoms with van der Waals surface area (Å²) in [5.74, 6) is -3.41. The van der Waals surface area contributed by atoms with Crippen LogP contribution in [-0.2, 0) is 25.4 Å². The van der Waals surface area contributed by atoms with Gasteiger partial charge in [-0.2, -0.15) is 0 Å². The lowest BCUT2D eigenvalue weighted by atomic mass is 10.1. The lowest BCUT2D eigenvalue weighted by molar-refractivity contribution is -0.149. The number of hydrogen-bond donors (Lipinski definition) is 1. The van der Waals surface area contributed by atoms with Crippen LogP contribution in [0.5, 0.6) is 5.75 Å². The van der Waals surface area contributed by atoms with E-state index in [2.05, 4.69) is 0 Å². The van der Waals surface area contributed by atoms with Crippen molar-refractivity contribution in [2.45, 2.75) is 39.2 Å². The Kier molecular flexibility index (Phi) is 11.8. The first-order chi connectivity index (χ1) is 14.7. The summed E-state index contributed by atoms with van der Waals surface area (Å²) in [6.07, 6.45) is -1.26. The number of carbonyl (C=O) groups is 2. The minimum Gasteiger partial charge on any atom is -0.492 e. The largest absolute Gasteiger partial charge is 0.492 e. The van der Waals surface area contributed by atoms with Crippen molar-refractivity contribution in [2.24, 2.45) is 0 Å². The van der Waals surface area contributed by atoms with E-state index in [1.807, 2.05) is 0 Å². The first-order valence-electron chi connectivity index (χ1n) is 10.1. The highest BCUT2D eigenvalue weighted by atomic mass is 19.3. The van der Waals surface area contributed by atoms with Crippen LogP contribution in [0, 0.1) is 0 Å². The fourth-order valence-corrected chi connectivity index (χ4v) is 2.56. The van der Waals surface area contributed by atoms with Crippen molar-refractivity contribution in [3.8, 4) is 5.75 Å². The zero-order valence-corrected chi connectivity index (χ0v) is 18.1. The molecule has 0 aliphatic carbocycles. The normalized spacial score (nSPS) is 12.3. The predicted octanol–water partition coefficient (Wildman–Crippen LogP) is 3.23. The topological polar surface area (TPSA) is 94.5 Å². The fraction of sp³-hybridized carbons (Fsp3) is 0.619. The van der Waals surface area contributed by atoms with Crippen LogP contribution in [0.25, 0.3) is 0 Å². The van der Waals surface area contributed by atoms with E-state index < -0.39 is 30.7 Å². The summed E-state index contributed by atoms with van der Waals surface area (Å²) < 4.78 is 46.3. The molecule has 0 bridgehead atoms. The molecular formula is C21H31F2NO7. The van der Waals surface area contributed by atoms with Crippen LogP contribution in [-0.4, -0.2) is 80.2 Å². The lowest BCUT2D eigenvalue weighted by Crippen LogP contribution is -2.38. The van der Waals surface area contributed by atoms with Crippen molar-refractivity contribution in [1.29, 1.82) is 0 Å². The van der Waals surface area contributed by atoms with Gasteiger partial charge in [0.1, 0.15) is 19.0 Å². The fourth-order valence-electron chi connectivity index (χ4n) is 2.56. The van der Waals surface area contributed by atoms with Crippen LogP contribution >= 0.6 is 0 Å². The average Bonchev–Trinajstić information content (AvgIpc) is 2.70. The molecule has 1 aromatic carbocycles. The number of alkyl halides is 2. The molecule has 0 fully saturated rings. The van der Waals surface area contributed by atoms with E-state index in [9.17, 15) is 18.4 Å². The first-order valence-corrected chi connectivity index (χ1v) is 10.1. The summed E-state index contributed by atoms with van der Waals surface area (Å²) in [4.78, 5) is 24.5. The van der Waals surface area contributed by atoms with Gasteiger partial charge in [-0.25, -0.2) is 18.4 Å². The molecule has 1 N–H and O–H groups in total. The van der Waals surface area contributed by atoms with E-state index in [4.69, 9.17) is 24.1 Å². The Balaban J connectivity index is 2.52. The van der Waals surface area contributed by atoms with Gasteiger partial charge in [0, 0.05) is 26.5 Å². The maximum Gasteiger partial charge on any atom is 0.409 e. The van der Waals surface area contributed by atoms with E-state index in [0.717, 1.165) is 12.5 Å². The van der Waals surface area contributed by atoms with Crippen LogP contribution in [0.4, 0.5) is 13.6 Å². The molecule has 8 nitrogen and oxygen atoms in total. The number of benzene rings is 1. The number of carboxylic acid groups (broad SMARTS) is 1. The molecule has 0 heterocycles. The van der Waals surface area contributed by atoms with Crippen molar-refractivity contribution in [3.63, 3.8) is 0 Å². The van der Waals surface area contributed by atoms with Crippen molar-refractivity contribution >= 4 is 12.1 Å². The molecule has 176 valence electrons. The number of halogens is 2. The number of nitrogens with zero attached hydrogens (tertiary/aromatic N) is 1. The van der Waals surface area contributed by atoms with Gasteiger partial charge in [-0.15, -0.1) is 0 Å². The SMILES string of the molecule is CCOC(=O)N(CCOCC(C)(F)F)CCOc1ccc(CC(OCC)C(=O)O)cc1. The molecule has 1 unspecified atom stereocenters. The molecule has 1 amide bonds. The predicted molar refractivity (Wildman–Crippen MR) is 109 cm³/mol. The summed E-state index contributed by atoms with van der Waals surface area (Å²) in [7, 11) is 0. The highest BCUT2D eigenvalue weighted by Crippen LogP contribution is 2.15. The molecule has 0 radical (unpaired) electrons. The standard InChI is InChI=1S/C21H31F2NO7/c1-4-29-18(19(25)26)14-16-6-8-17(9-7-16)31-13-11-24(20(27)30-5-2)10-12-28-15-21(3,22)23/h6-9,18H,4-5,10-15H2,1-3H3,(H,25,26). The number of carbonyl (C=O) groups excluding carboxylic acids is 1. The second-order valence-electron chi connectivity index (χ2n) is 6.79. The van der Waals surface area contributed by atoms with E-state index in [1.165, 1.54) is 4.90 Å². The Hall–Kier alpha value is -2.46. The average molecular weight is 447 g/mol. The van der Waals surface area contributed by atoms with Crippen molar-refractivity contribution < 1.29 is 42.4 Å². The third-order valence-electron chi connectivity index (χ3n) is 4.00. The molecular weight excluding hydrogens is 416 g/mol. The lowest BCUT2D eigenvalue weighted by Gasteiger charge is -2.22. The zero-order valence-electron chi connectivity index (χ0n) is 18.1. The summed E-state index contributed by atoms with van der Waals surface area (Å²) in [6, 6.07) is 6.88. The summed E-state index contributed by atoms with van der Waals surface area (Å²) >= 11 is 0. The third kappa shape index (κ3) is 11.5. The van der Waals surface area contributed by atoms with Crippen LogP contribution in [0.3, 0.4) is 0 Å². The summed E-state index contributed by atoms with van der Waals surface area (Å²) in [5, 5.41) is 9.15. The minimum absolute atomic E-state index is 0.0541. The van der Waals surface area contributed by atoms with Gasteiger partial charge in [0.2, 0.25) is 0 Å². The van der Waals surface area contributed by atoms with Gasteiger partial charge in [-0.05, 0) is 31.5 Å². The Morgan fingerprint density at radius 1 is 1.10 bits per heavy atom. The second-order valence-corrected chi connectivity index (χ2v) is 6.79. The highest BCUT2D eigenvalue weighted by molar-refractivity contribution is 5.72. The minimum atomic E-state index is -2.93. The van der Waals surface area contributed by atoms with E-state index >= 15 is 0 Å². The molecule has 31 heavy (non-hydrogen) atoms. The Morgan fingerprint density at radius 2 is 1.74 bits per heavy atom. The molecule has 0 aliphatic rings. The van der Waals surface area contributed by atoms with Crippen LogP contribution in [0.1, 0.15) is 26.3 Å². The number of hydrogen-bond acceptors (Lipinski definition) is 6. The molecule has 0 aromatic heterocycles.